The third-order valence-corrected chi connectivity index (χ3v) is 6.59. The van der Waals surface area contributed by atoms with Crippen molar-refractivity contribution in [3.63, 3.8) is 0 Å². The zero-order chi connectivity index (χ0) is 27.6. The van der Waals surface area contributed by atoms with Gasteiger partial charge in [-0.1, -0.05) is 12.1 Å². The molecule has 2 amide bonds. The highest BCUT2D eigenvalue weighted by molar-refractivity contribution is 5.94. The highest BCUT2D eigenvalue weighted by Gasteiger charge is 2.21. The average Bonchev–Trinajstić information content (AvgIpc) is 3.40. The van der Waals surface area contributed by atoms with Crippen molar-refractivity contribution in [2.45, 2.75) is 51.9 Å². The molecule has 0 aliphatic carbocycles. The minimum Gasteiger partial charge on any atom is -0.493 e. The van der Waals surface area contributed by atoms with Gasteiger partial charge in [-0.2, -0.15) is 4.98 Å². The van der Waals surface area contributed by atoms with Gasteiger partial charge in [-0.05, 0) is 50.2 Å². The van der Waals surface area contributed by atoms with E-state index in [1.54, 1.807) is 18.5 Å². The molecule has 12 heteroatoms. The molecule has 1 saturated heterocycles. The maximum absolute atomic E-state index is 14.3. The fraction of sp³-hybridized carbons (Fsp3) is 0.481. The summed E-state index contributed by atoms with van der Waals surface area (Å²) in [6, 6.07) is 4.15. The molecule has 1 fully saturated rings. The second-order valence-corrected chi connectivity index (χ2v) is 9.57. The van der Waals surface area contributed by atoms with Gasteiger partial charge in [0.1, 0.15) is 11.6 Å². The number of anilines is 1. The van der Waals surface area contributed by atoms with Crippen LogP contribution in [-0.4, -0.2) is 58.2 Å². The summed E-state index contributed by atoms with van der Waals surface area (Å²) < 4.78 is 25.3. The summed E-state index contributed by atoms with van der Waals surface area (Å²) in [6.07, 6.45) is 9.08. The van der Waals surface area contributed by atoms with Gasteiger partial charge in [0.05, 0.1) is 17.7 Å². The molecule has 2 aromatic heterocycles. The number of primary amides is 1. The minimum absolute atomic E-state index is 0.00303. The molecule has 0 spiro atoms. The number of amides is 2. The average molecular weight is 540 g/mol. The molecule has 11 nitrogen and oxygen atoms in total. The highest BCUT2D eigenvalue weighted by Crippen LogP contribution is 2.25. The van der Waals surface area contributed by atoms with Crippen LogP contribution in [0.15, 0.2) is 35.1 Å². The van der Waals surface area contributed by atoms with Crippen LogP contribution in [0.5, 0.6) is 5.75 Å². The Kier molecular flexibility index (Phi) is 9.76. The number of carbonyl (C=O) groups excluding carboxylic acids is 2. The Labute approximate surface area is 226 Å². The number of ether oxygens (including phenoxy) is 1. The van der Waals surface area contributed by atoms with Crippen molar-refractivity contribution >= 4 is 17.8 Å². The third-order valence-electron chi connectivity index (χ3n) is 6.59. The van der Waals surface area contributed by atoms with Crippen molar-refractivity contribution in [1.82, 2.24) is 25.4 Å². The quantitative estimate of drug-likeness (QED) is 0.312. The summed E-state index contributed by atoms with van der Waals surface area (Å²) in [6.45, 7) is 4.34. The normalized spacial score (nSPS) is 13.8. The van der Waals surface area contributed by atoms with Crippen molar-refractivity contribution in [2.24, 2.45) is 11.7 Å². The zero-order valence-electron chi connectivity index (χ0n) is 22.1. The lowest BCUT2D eigenvalue weighted by atomic mass is 9.92. The fourth-order valence-electron chi connectivity index (χ4n) is 4.44. The van der Waals surface area contributed by atoms with E-state index in [-0.39, 0.29) is 18.5 Å². The Bertz CT molecular complexity index is 1240. The molecule has 208 valence electrons. The number of hydrogen-bond acceptors (Lipinski definition) is 9. The van der Waals surface area contributed by atoms with Crippen molar-refractivity contribution < 1.29 is 23.2 Å². The van der Waals surface area contributed by atoms with Crippen molar-refractivity contribution in [3.8, 4) is 17.1 Å². The van der Waals surface area contributed by atoms with E-state index in [0.29, 0.717) is 35.9 Å². The predicted molar refractivity (Wildman–Crippen MR) is 142 cm³/mol. The second kappa shape index (κ2) is 13.6. The molecule has 0 bridgehead atoms. The fourth-order valence-corrected chi connectivity index (χ4v) is 4.44. The van der Waals surface area contributed by atoms with Crippen LogP contribution in [-0.2, 0) is 11.2 Å². The molecule has 3 heterocycles. The van der Waals surface area contributed by atoms with Crippen LogP contribution < -0.4 is 20.7 Å². The van der Waals surface area contributed by atoms with Crippen LogP contribution in [0, 0.1) is 11.7 Å². The first-order valence-electron chi connectivity index (χ1n) is 13.3. The van der Waals surface area contributed by atoms with E-state index in [1.807, 2.05) is 0 Å². The molecule has 0 radical (unpaired) electrons. The molecular weight excluding hydrogens is 505 g/mol. The Balaban J connectivity index is 1.16. The Morgan fingerprint density at radius 2 is 2.00 bits per heavy atom. The molecule has 3 aromatic rings. The zero-order valence-corrected chi connectivity index (χ0v) is 22.1. The maximum atomic E-state index is 14.3. The van der Waals surface area contributed by atoms with Crippen LogP contribution in [0.2, 0.25) is 0 Å². The Morgan fingerprint density at radius 1 is 1.23 bits per heavy atom. The summed E-state index contributed by atoms with van der Waals surface area (Å²) >= 11 is 0. The molecule has 0 atom stereocenters. The third kappa shape index (κ3) is 7.95. The van der Waals surface area contributed by atoms with E-state index in [1.165, 1.54) is 12.1 Å². The smallest absolute Gasteiger partial charge is 0.254 e. The number of carbonyl (C=O) groups is 2. The van der Waals surface area contributed by atoms with Gasteiger partial charge in [0.15, 0.2) is 0 Å². The van der Waals surface area contributed by atoms with Crippen molar-refractivity contribution in [3.05, 3.63) is 47.9 Å². The summed E-state index contributed by atoms with van der Waals surface area (Å²) in [5, 5.41) is 6.47. The van der Waals surface area contributed by atoms with E-state index < -0.39 is 17.6 Å². The number of piperidine rings is 1. The number of nitrogens with one attached hydrogen (secondary N) is 1. The monoisotopic (exact) mass is 539 g/mol. The van der Waals surface area contributed by atoms with E-state index in [4.69, 9.17) is 15.0 Å². The highest BCUT2D eigenvalue weighted by atomic mass is 19.1. The molecule has 3 N–H and O–H groups in total. The lowest BCUT2D eigenvalue weighted by Gasteiger charge is -2.32. The van der Waals surface area contributed by atoms with E-state index in [2.05, 4.69) is 37.2 Å². The van der Waals surface area contributed by atoms with Gasteiger partial charge in [0.25, 0.3) is 5.91 Å². The summed E-state index contributed by atoms with van der Waals surface area (Å²) in [5.74, 6) is 0.964. The molecule has 1 aromatic carbocycles. The number of aryl methyl sites for hydroxylation is 1. The topological polar surface area (TPSA) is 149 Å². The number of halogens is 1. The molecule has 1 aliphatic rings. The number of nitrogens with two attached hydrogens (primary N) is 1. The standard InChI is InChI=1S/C27H34FN7O4/c1-2-4-24-33-25(34-39-24)19-16-31-27(32-17-19)35-12-9-18(10-13-35)5-3-14-38-20-6-7-21(22(28)15-20)26(37)30-11-8-23(29)36/h6-7,15-18H,2-5,8-14H2,1H3,(H2,29,36)(H,30,37). The summed E-state index contributed by atoms with van der Waals surface area (Å²) in [4.78, 5) is 38.4. The number of hydrogen-bond donors (Lipinski definition) is 2. The molecular formula is C27H34FN7O4. The molecule has 1 aliphatic heterocycles. The van der Waals surface area contributed by atoms with E-state index in [0.717, 1.165) is 57.2 Å². The van der Waals surface area contributed by atoms with Gasteiger partial charge in [-0.25, -0.2) is 14.4 Å². The lowest BCUT2D eigenvalue weighted by molar-refractivity contribution is -0.117. The number of rotatable bonds is 13. The largest absolute Gasteiger partial charge is 0.493 e. The first kappa shape index (κ1) is 27.9. The number of aromatic nitrogens is 4. The first-order valence-corrected chi connectivity index (χ1v) is 13.3. The van der Waals surface area contributed by atoms with Gasteiger partial charge < -0.3 is 25.2 Å². The van der Waals surface area contributed by atoms with Gasteiger partial charge in [-0.15, -0.1) is 0 Å². The Morgan fingerprint density at radius 3 is 2.69 bits per heavy atom. The summed E-state index contributed by atoms with van der Waals surface area (Å²) in [5.41, 5.74) is 5.67. The van der Waals surface area contributed by atoms with Crippen LogP contribution in [0.1, 0.15) is 61.7 Å². The predicted octanol–water partition coefficient (Wildman–Crippen LogP) is 3.30. The summed E-state index contributed by atoms with van der Waals surface area (Å²) in [7, 11) is 0. The minimum atomic E-state index is -0.676. The number of benzene rings is 1. The molecule has 39 heavy (non-hydrogen) atoms. The van der Waals surface area contributed by atoms with Crippen LogP contribution in [0.3, 0.4) is 0 Å². The molecule has 0 saturated carbocycles. The first-order chi connectivity index (χ1) is 18.9. The van der Waals surface area contributed by atoms with Gasteiger partial charge >= 0.3 is 0 Å². The van der Waals surface area contributed by atoms with Gasteiger partial charge in [0, 0.05) is 50.9 Å². The molecule has 0 unspecified atom stereocenters. The number of nitrogens with zero attached hydrogens (tertiary/aromatic N) is 5. The maximum Gasteiger partial charge on any atom is 0.254 e. The van der Waals surface area contributed by atoms with E-state index in [9.17, 15) is 14.0 Å². The molecule has 4 rings (SSSR count). The van der Waals surface area contributed by atoms with Crippen LogP contribution >= 0.6 is 0 Å². The second-order valence-electron chi connectivity index (χ2n) is 9.57. The van der Waals surface area contributed by atoms with Gasteiger partial charge in [0.2, 0.25) is 23.6 Å². The van der Waals surface area contributed by atoms with Crippen molar-refractivity contribution in [1.29, 1.82) is 0 Å². The van der Waals surface area contributed by atoms with E-state index >= 15 is 0 Å². The lowest BCUT2D eigenvalue weighted by Crippen LogP contribution is -2.34. The Hall–Kier alpha value is -4.09. The van der Waals surface area contributed by atoms with Crippen LogP contribution in [0.4, 0.5) is 10.3 Å². The SMILES string of the molecule is CCCc1nc(-c2cnc(N3CCC(CCCOc4ccc(C(=O)NCCC(N)=O)c(F)c4)CC3)nc2)no1. The van der Waals surface area contributed by atoms with Crippen molar-refractivity contribution in [2.75, 3.05) is 31.1 Å². The van der Waals surface area contributed by atoms with Crippen LogP contribution in [0.25, 0.3) is 11.4 Å². The van der Waals surface area contributed by atoms with Gasteiger partial charge in [-0.3, -0.25) is 9.59 Å².